The molecule has 0 saturated heterocycles. The molecule has 2 aliphatic rings. The van der Waals surface area contributed by atoms with Crippen LogP contribution in [0.3, 0.4) is 0 Å². The van der Waals surface area contributed by atoms with Crippen molar-refractivity contribution in [2.24, 2.45) is 0 Å². The zero-order chi connectivity index (χ0) is 15.2. The van der Waals surface area contributed by atoms with E-state index in [0.717, 1.165) is 24.9 Å². The molecule has 22 heavy (non-hydrogen) atoms. The van der Waals surface area contributed by atoms with Crippen LogP contribution in [0.4, 0.5) is 5.69 Å². The molecule has 110 valence electrons. The van der Waals surface area contributed by atoms with Crippen molar-refractivity contribution >= 4 is 17.5 Å². The predicted octanol–water partition coefficient (Wildman–Crippen LogP) is 2.71. The van der Waals surface area contributed by atoms with E-state index in [1.54, 1.807) is 18.2 Å². The van der Waals surface area contributed by atoms with Gasteiger partial charge in [-0.3, -0.25) is 9.59 Å². The first-order chi connectivity index (χ1) is 10.7. The van der Waals surface area contributed by atoms with E-state index >= 15 is 0 Å². The summed E-state index contributed by atoms with van der Waals surface area (Å²) in [6.45, 7) is 0.731. The van der Waals surface area contributed by atoms with E-state index < -0.39 is 0 Å². The Hall–Kier alpha value is -2.62. The highest BCUT2D eigenvalue weighted by atomic mass is 16.2. The third-order valence-electron chi connectivity index (χ3n) is 4.57. The normalized spacial score (nSPS) is 17.5. The number of nitrogens with one attached hydrogen (secondary N) is 2. The first kappa shape index (κ1) is 13.1. The molecular formula is C18H16N2O2. The molecule has 1 saturated carbocycles. The Morgan fingerprint density at radius 3 is 2.59 bits per heavy atom. The lowest BCUT2D eigenvalue weighted by Crippen LogP contribution is -2.39. The van der Waals surface area contributed by atoms with E-state index in [1.807, 2.05) is 30.3 Å². The van der Waals surface area contributed by atoms with Crippen molar-refractivity contribution in [2.45, 2.75) is 18.3 Å². The zero-order valence-corrected chi connectivity index (χ0v) is 12.1. The van der Waals surface area contributed by atoms with Gasteiger partial charge in [0.25, 0.3) is 11.8 Å². The third-order valence-corrected chi connectivity index (χ3v) is 4.57. The van der Waals surface area contributed by atoms with Gasteiger partial charge >= 0.3 is 0 Å². The maximum absolute atomic E-state index is 12.2. The number of amides is 2. The SMILES string of the molecule is O=C(Nc1ccc2c(c1)C(=O)NCC21CC1)c1ccccc1. The lowest BCUT2D eigenvalue weighted by molar-refractivity contribution is 0.0936. The molecule has 0 atom stereocenters. The van der Waals surface area contributed by atoms with Crippen LogP contribution >= 0.6 is 0 Å². The zero-order valence-electron chi connectivity index (χ0n) is 12.1. The second kappa shape index (κ2) is 4.70. The Morgan fingerprint density at radius 2 is 1.86 bits per heavy atom. The summed E-state index contributed by atoms with van der Waals surface area (Å²) in [6.07, 6.45) is 2.24. The molecule has 4 heteroatoms. The summed E-state index contributed by atoms with van der Waals surface area (Å²) in [5, 5.41) is 5.81. The Labute approximate surface area is 128 Å². The topological polar surface area (TPSA) is 58.2 Å². The van der Waals surface area contributed by atoms with Gasteiger partial charge in [-0.15, -0.1) is 0 Å². The average Bonchev–Trinajstić information content (AvgIpc) is 3.33. The van der Waals surface area contributed by atoms with Crippen molar-refractivity contribution in [3.8, 4) is 0 Å². The van der Waals surface area contributed by atoms with E-state index in [9.17, 15) is 9.59 Å². The monoisotopic (exact) mass is 292 g/mol. The molecule has 2 amide bonds. The fraction of sp³-hybridized carbons (Fsp3) is 0.222. The molecule has 2 aromatic carbocycles. The van der Waals surface area contributed by atoms with Gasteiger partial charge in [0.2, 0.25) is 0 Å². The molecule has 0 aromatic heterocycles. The maximum atomic E-state index is 12.2. The van der Waals surface area contributed by atoms with Gasteiger partial charge in [-0.05, 0) is 42.7 Å². The first-order valence-corrected chi connectivity index (χ1v) is 7.47. The van der Waals surface area contributed by atoms with E-state index in [-0.39, 0.29) is 17.2 Å². The maximum Gasteiger partial charge on any atom is 0.255 e. The average molecular weight is 292 g/mol. The van der Waals surface area contributed by atoms with Gasteiger partial charge in [0, 0.05) is 28.8 Å². The van der Waals surface area contributed by atoms with E-state index in [1.165, 1.54) is 0 Å². The summed E-state index contributed by atoms with van der Waals surface area (Å²) in [4.78, 5) is 24.3. The predicted molar refractivity (Wildman–Crippen MR) is 84.1 cm³/mol. The van der Waals surface area contributed by atoms with E-state index in [4.69, 9.17) is 0 Å². The molecule has 4 nitrogen and oxygen atoms in total. The minimum atomic E-state index is -0.169. The van der Waals surface area contributed by atoms with Crippen LogP contribution in [0.1, 0.15) is 39.1 Å². The van der Waals surface area contributed by atoms with Gasteiger partial charge in [-0.2, -0.15) is 0 Å². The summed E-state index contributed by atoms with van der Waals surface area (Å²) < 4.78 is 0. The lowest BCUT2D eigenvalue weighted by Gasteiger charge is -2.26. The van der Waals surface area contributed by atoms with Crippen molar-refractivity contribution in [3.05, 3.63) is 65.2 Å². The highest BCUT2D eigenvalue weighted by Crippen LogP contribution is 2.50. The summed E-state index contributed by atoms with van der Waals surface area (Å²) in [5.41, 5.74) is 3.21. The smallest absolute Gasteiger partial charge is 0.255 e. The van der Waals surface area contributed by atoms with Crippen LogP contribution in [-0.2, 0) is 5.41 Å². The minimum absolute atomic E-state index is 0.0525. The van der Waals surface area contributed by atoms with E-state index in [2.05, 4.69) is 10.6 Å². The van der Waals surface area contributed by atoms with Crippen LogP contribution in [0.2, 0.25) is 0 Å². The molecule has 1 aliphatic heterocycles. The van der Waals surface area contributed by atoms with E-state index in [0.29, 0.717) is 16.8 Å². The van der Waals surface area contributed by atoms with Crippen molar-refractivity contribution in [1.29, 1.82) is 0 Å². The van der Waals surface area contributed by atoms with Crippen molar-refractivity contribution in [3.63, 3.8) is 0 Å². The van der Waals surface area contributed by atoms with Crippen LogP contribution in [0.25, 0.3) is 0 Å². The van der Waals surface area contributed by atoms with Crippen LogP contribution in [-0.4, -0.2) is 18.4 Å². The number of carbonyl (C=O) groups is 2. The molecular weight excluding hydrogens is 276 g/mol. The molecule has 1 spiro atoms. The molecule has 2 N–H and O–H groups in total. The lowest BCUT2D eigenvalue weighted by atomic mass is 9.87. The number of rotatable bonds is 2. The third kappa shape index (κ3) is 2.08. The molecule has 1 fully saturated rings. The second-order valence-electron chi connectivity index (χ2n) is 6.04. The van der Waals surface area contributed by atoms with Crippen molar-refractivity contribution < 1.29 is 9.59 Å². The summed E-state index contributed by atoms with van der Waals surface area (Å²) in [6, 6.07) is 14.7. The van der Waals surface area contributed by atoms with Gasteiger partial charge in [0.05, 0.1) is 0 Å². The number of hydrogen-bond donors (Lipinski definition) is 2. The quantitative estimate of drug-likeness (QED) is 0.894. The highest BCUT2D eigenvalue weighted by molar-refractivity contribution is 6.05. The standard InChI is InChI=1S/C18H16N2O2/c21-16(12-4-2-1-3-5-12)20-13-6-7-15-14(10-13)17(22)19-11-18(15)8-9-18/h1-7,10H,8-9,11H2,(H,19,22)(H,20,21). The van der Waals surface area contributed by atoms with Crippen LogP contribution in [0.15, 0.2) is 48.5 Å². The minimum Gasteiger partial charge on any atom is -0.351 e. The fourth-order valence-electron chi connectivity index (χ4n) is 3.10. The highest BCUT2D eigenvalue weighted by Gasteiger charge is 2.48. The number of fused-ring (bicyclic) bond motifs is 2. The number of carbonyl (C=O) groups excluding carboxylic acids is 2. The van der Waals surface area contributed by atoms with Crippen LogP contribution < -0.4 is 10.6 Å². The Kier molecular flexibility index (Phi) is 2.79. The largest absolute Gasteiger partial charge is 0.351 e. The summed E-state index contributed by atoms with van der Waals surface area (Å²) >= 11 is 0. The molecule has 0 bridgehead atoms. The number of anilines is 1. The molecule has 4 rings (SSSR count). The Bertz CT molecular complexity index is 764. The number of hydrogen-bond acceptors (Lipinski definition) is 2. The van der Waals surface area contributed by atoms with Gasteiger partial charge in [0.15, 0.2) is 0 Å². The van der Waals surface area contributed by atoms with Crippen LogP contribution in [0.5, 0.6) is 0 Å². The van der Waals surface area contributed by atoms with Gasteiger partial charge in [-0.25, -0.2) is 0 Å². The summed E-state index contributed by atoms with van der Waals surface area (Å²) in [7, 11) is 0. The fourth-order valence-corrected chi connectivity index (χ4v) is 3.10. The van der Waals surface area contributed by atoms with Crippen molar-refractivity contribution in [1.82, 2.24) is 5.32 Å². The van der Waals surface area contributed by atoms with Crippen molar-refractivity contribution in [2.75, 3.05) is 11.9 Å². The molecule has 2 aromatic rings. The molecule has 1 aliphatic carbocycles. The second-order valence-corrected chi connectivity index (χ2v) is 6.04. The van der Waals surface area contributed by atoms with Crippen LogP contribution in [0, 0.1) is 0 Å². The van der Waals surface area contributed by atoms with Gasteiger partial charge in [-0.1, -0.05) is 24.3 Å². The molecule has 0 radical (unpaired) electrons. The molecule has 0 unspecified atom stereocenters. The first-order valence-electron chi connectivity index (χ1n) is 7.47. The Morgan fingerprint density at radius 1 is 1.09 bits per heavy atom. The Balaban J connectivity index is 1.63. The van der Waals surface area contributed by atoms with Gasteiger partial charge < -0.3 is 10.6 Å². The summed E-state index contributed by atoms with van der Waals surface area (Å²) in [5.74, 6) is -0.221. The molecule has 1 heterocycles. The van der Waals surface area contributed by atoms with Gasteiger partial charge in [0.1, 0.15) is 0 Å². The number of benzene rings is 2.